The van der Waals surface area contributed by atoms with Crippen molar-refractivity contribution in [3.8, 4) is 0 Å². The van der Waals surface area contributed by atoms with E-state index in [9.17, 15) is 4.79 Å². The van der Waals surface area contributed by atoms with E-state index in [1.165, 1.54) is 0 Å². The maximum atomic E-state index is 12.5. The van der Waals surface area contributed by atoms with E-state index in [0.717, 1.165) is 62.4 Å². The number of nitrogens with one attached hydrogen (secondary N) is 2. The van der Waals surface area contributed by atoms with Gasteiger partial charge in [-0.1, -0.05) is 0 Å². The molecule has 0 radical (unpaired) electrons. The lowest BCUT2D eigenvalue weighted by Gasteiger charge is -2.32. The van der Waals surface area contributed by atoms with Crippen LogP contribution in [0.25, 0.3) is 0 Å². The first-order chi connectivity index (χ1) is 11.3. The van der Waals surface area contributed by atoms with E-state index in [4.69, 9.17) is 0 Å². The lowest BCUT2D eigenvalue weighted by molar-refractivity contribution is 0.0925. The number of carbonyl (C=O) groups excluding carboxylic acids is 1. The van der Waals surface area contributed by atoms with Crippen LogP contribution >= 0.6 is 0 Å². The highest BCUT2D eigenvalue weighted by Crippen LogP contribution is 2.23. The normalized spacial score (nSPS) is 18.0. The number of rotatable bonds is 3. The first-order valence-corrected chi connectivity index (χ1v) is 8.20. The zero-order valence-corrected chi connectivity index (χ0v) is 13.0. The number of hydrogen-bond acceptors (Lipinski definition) is 5. The number of aromatic amines is 1. The standard InChI is InChI=1S/C16H20N6O/c23-15(14-12-3-1-4-13(12)20-21-14)19-11-5-9-22(10-6-11)16-17-7-2-8-18-16/h2,7-8,11H,1,3-6,9-10H2,(H,19,23)(H,20,21). The second-order valence-corrected chi connectivity index (χ2v) is 6.17. The maximum absolute atomic E-state index is 12.5. The van der Waals surface area contributed by atoms with Crippen LogP contribution in [0.3, 0.4) is 0 Å². The molecular formula is C16H20N6O. The summed E-state index contributed by atoms with van der Waals surface area (Å²) >= 11 is 0. The van der Waals surface area contributed by atoms with E-state index in [2.05, 4.69) is 30.4 Å². The summed E-state index contributed by atoms with van der Waals surface area (Å²) in [6.07, 6.45) is 8.39. The monoisotopic (exact) mass is 312 g/mol. The van der Waals surface area contributed by atoms with E-state index in [1.54, 1.807) is 12.4 Å². The zero-order chi connectivity index (χ0) is 15.6. The summed E-state index contributed by atoms with van der Waals surface area (Å²) in [6, 6.07) is 2.01. The van der Waals surface area contributed by atoms with Gasteiger partial charge >= 0.3 is 0 Å². The second-order valence-electron chi connectivity index (χ2n) is 6.17. The molecule has 23 heavy (non-hydrogen) atoms. The van der Waals surface area contributed by atoms with Gasteiger partial charge in [0.15, 0.2) is 5.69 Å². The highest BCUT2D eigenvalue weighted by Gasteiger charge is 2.26. The number of piperidine rings is 1. The second kappa shape index (κ2) is 5.98. The molecule has 7 heteroatoms. The van der Waals surface area contributed by atoms with E-state index >= 15 is 0 Å². The van der Waals surface area contributed by atoms with Crippen LogP contribution in [0.5, 0.6) is 0 Å². The Kier molecular flexibility index (Phi) is 3.69. The van der Waals surface area contributed by atoms with Crippen LogP contribution in [0.15, 0.2) is 18.5 Å². The zero-order valence-electron chi connectivity index (χ0n) is 13.0. The van der Waals surface area contributed by atoms with Crippen molar-refractivity contribution in [1.29, 1.82) is 0 Å². The number of fused-ring (bicyclic) bond motifs is 1. The van der Waals surface area contributed by atoms with Gasteiger partial charge in [-0.25, -0.2) is 9.97 Å². The largest absolute Gasteiger partial charge is 0.348 e. The van der Waals surface area contributed by atoms with E-state index in [1.807, 2.05) is 6.07 Å². The molecule has 0 bridgehead atoms. The number of aryl methyl sites for hydroxylation is 1. The minimum Gasteiger partial charge on any atom is -0.348 e. The molecule has 0 saturated carbocycles. The predicted octanol–water partition coefficient (Wildman–Crippen LogP) is 1.09. The molecule has 2 aliphatic rings. The van der Waals surface area contributed by atoms with Gasteiger partial charge in [-0.05, 0) is 38.2 Å². The molecule has 1 amide bonds. The summed E-state index contributed by atoms with van der Waals surface area (Å²) in [5.41, 5.74) is 2.83. The van der Waals surface area contributed by atoms with Crippen molar-refractivity contribution >= 4 is 11.9 Å². The molecule has 0 aromatic carbocycles. The van der Waals surface area contributed by atoms with E-state index in [0.29, 0.717) is 5.69 Å². The molecule has 0 atom stereocenters. The van der Waals surface area contributed by atoms with Crippen LogP contribution in [0.1, 0.15) is 41.0 Å². The highest BCUT2D eigenvalue weighted by molar-refractivity contribution is 5.94. The average molecular weight is 312 g/mol. The SMILES string of the molecule is O=C(NC1CCN(c2ncccn2)CC1)c1n[nH]c2c1CCC2. The fraction of sp³-hybridized carbons (Fsp3) is 0.500. The lowest BCUT2D eigenvalue weighted by Crippen LogP contribution is -2.45. The molecule has 1 aliphatic heterocycles. The number of aromatic nitrogens is 4. The molecule has 1 fully saturated rings. The van der Waals surface area contributed by atoms with Crippen LogP contribution in [0.2, 0.25) is 0 Å². The van der Waals surface area contributed by atoms with Gasteiger partial charge in [0.2, 0.25) is 5.95 Å². The summed E-state index contributed by atoms with van der Waals surface area (Å²) in [5, 5.41) is 10.3. The Balaban J connectivity index is 1.35. The Morgan fingerprint density at radius 2 is 2.00 bits per heavy atom. The minimum absolute atomic E-state index is 0.0428. The van der Waals surface area contributed by atoms with Gasteiger partial charge in [-0.3, -0.25) is 9.89 Å². The number of carbonyl (C=O) groups is 1. The van der Waals surface area contributed by atoms with Crippen LogP contribution in [0.4, 0.5) is 5.95 Å². The van der Waals surface area contributed by atoms with Crippen molar-refractivity contribution in [2.45, 2.75) is 38.1 Å². The smallest absolute Gasteiger partial charge is 0.272 e. The molecule has 7 nitrogen and oxygen atoms in total. The Labute approximate surface area is 134 Å². The number of nitrogens with zero attached hydrogens (tertiary/aromatic N) is 4. The quantitative estimate of drug-likeness (QED) is 0.886. The van der Waals surface area contributed by atoms with Crippen molar-refractivity contribution < 1.29 is 4.79 Å². The highest BCUT2D eigenvalue weighted by atomic mass is 16.2. The number of anilines is 1. The van der Waals surface area contributed by atoms with E-state index < -0.39 is 0 Å². The predicted molar refractivity (Wildman–Crippen MR) is 85.3 cm³/mol. The molecule has 2 aromatic heterocycles. The van der Waals surface area contributed by atoms with Gasteiger partial charge in [-0.15, -0.1) is 0 Å². The maximum Gasteiger partial charge on any atom is 0.272 e. The topological polar surface area (TPSA) is 86.8 Å². The molecule has 4 rings (SSSR count). The van der Waals surface area contributed by atoms with Gasteiger partial charge in [0.1, 0.15) is 0 Å². The molecule has 1 aliphatic carbocycles. The first kappa shape index (κ1) is 14.2. The summed E-state index contributed by atoms with van der Waals surface area (Å²) in [7, 11) is 0. The summed E-state index contributed by atoms with van der Waals surface area (Å²) < 4.78 is 0. The van der Waals surface area contributed by atoms with Crippen LogP contribution < -0.4 is 10.2 Å². The Hall–Kier alpha value is -2.44. The molecule has 0 spiro atoms. The van der Waals surface area contributed by atoms with Crippen molar-refractivity contribution in [2.24, 2.45) is 0 Å². The molecule has 2 aromatic rings. The molecule has 1 saturated heterocycles. The van der Waals surface area contributed by atoms with Crippen LogP contribution in [0, 0.1) is 0 Å². The van der Waals surface area contributed by atoms with Crippen molar-refractivity contribution in [2.75, 3.05) is 18.0 Å². The van der Waals surface area contributed by atoms with Crippen molar-refractivity contribution in [3.63, 3.8) is 0 Å². The van der Waals surface area contributed by atoms with Crippen LogP contribution in [-0.2, 0) is 12.8 Å². The number of amides is 1. The molecule has 0 unspecified atom stereocenters. The van der Waals surface area contributed by atoms with Gasteiger partial charge in [0, 0.05) is 42.8 Å². The number of hydrogen-bond donors (Lipinski definition) is 2. The Morgan fingerprint density at radius 1 is 1.22 bits per heavy atom. The van der Waals surface area contributed by atoms with Crippen molar-refractivity contribution in [1.82, 2.24) is 25.5 Å². The lowest BCUT2D eigenvalue weighted by atomic mass is 10.0. The third-order valence-electron chi connectivity index (χ3n) is 4.69. The fourth-order valence-corrected chi connectivity index (χ4v) is 3.44. The number of H-pyrrole nitrogens is 1. The fourth-order valence-electron chi connectivity index (χ4n) is 3.44. The summed E-state index contributed by atoms with van der Waals surface area (Å²) in [6.45, 7) is 1.71. The molecule has 120 valence electrons. The van der Waals surface area contributed by atoms with Crippen LogP contribution in [-0.4, -0.2) is 45.2 Å². The van der Waals surface area contributed by atoms with E-state index in [-0.39, 0.29) is 11.9 Å². The Bertz CT molecular complexity index is 690. The van der Waals surface area contributed by atoms with Gasteiger partial charge in [0.25, 0.3) is 5.91 Å². The molecule has 2 N–H and O–H groups in total. The molecular weight excluding hydrogens is 292 g/mol. The first-order valence-electron chi connectivity index (χ1n) is 8.20. The third kappa shape index (κ3) is 2.78. The van der Waals surface area contributed by atoms with Gasteiger partial charge in [0.05, 0.1) is 0 Å². The molecule has 3 heterocycles. The van der Waals surface area contributed by atoms with Gasteiger partial charge in [-0.2, -0.15) is 5.10 Å². The average Bonchev–Trinajstić information content (AvgIpc) is 3.19. The summed E-state index contributed by atoms with van der Waals surface area (Å²) in [4.78, 5) is 23.2. The summed E-state index contributed by atoms with van der Waals surface area (Å²) in [5.74, 6) is 0.723. The minimum atomic E-state index is -0.0428. The Morgan fingerprint density at radius 3 is 2.78 bits per heavy atom. The third-order valence-corrected chi connectivity index (χ3v) is 4.69. The van der Waals surface area contributed by atoms with Crippen molar-refractivity contribution in [3.05, 3.63) is 35.4 Å². The van der Waals surface area contributed by atoms with Gasteiger partial charge < -0.3 is 10.2 Å².